The first kappa shape index (κ1) is 14.3. The number of nitrogens with one attached hydrogen (secondary N) is 1. The standard InChI is InChI=1S/C13H19ClIN/c1-4-9(2)7-13(16-3)10-5-6-12(15)11(14)8-10/h5-6,8-9,13,16H,4,7H2,1-3H3. The lowest BCUT2D eigenvalue weighted by Crippen LogP contribution is -2.18. The van der Waals surface area contributed by atoms with Gasteiger partial charge in [0.05, 0.1) is 5.02 Å². The van der Waals surface area contributed by atoms with Gasteiger partial charge in [-0.05, 0) is 59.7 Å². The summed E-state index contributed by atoms with van der Waals surface area (Å²) >= 11 is 8.41. The third kappa shape index (κ3) is 3.90. The average molecular weight is 352 g/mol. The Morgan fingerprint density at radius 2 is 2.12 bits per heavy atom. The second-order valence-electron chi connectivity index (χ2n) is 4.26. The van der Waals surface area contributed by atoms with Gasteiger partial charge in [0.2, 0.25) is 0 Å². The van der Waals surface area contributed by atoms with E-state index in [0.717, 1.165) is 20.9 Å². The minimum atomic E-state index is 0.407. The van der Waals surface area contributed by atoms with Gasteiger partial charge < -0.3 is 5.32 Å². The van der Waals surface area contributed by atoms with Gasteiger partial charge in [0.15, 0.2) is 0 Å². The van der Waals surface area contributed by atoms with E-state index in [9.17, 15) is 0 Å². The Kier molecular flexibility index (Phi) is 6.08. The summed E-state index contributed by atoms with van der Waals surface area (Å²) in [5, 5.41) is 4.22. The number of halogens is 2. The van der Waals surface area contributed by atoms with Crippen LogP contribution in [-0.4, -0.2) is 7.05 Å². The summed E-state index contributed by atoms with van der Waals surface area (Å²) < 4.78 is 1.11. The number of hydrogen-bond acceptors (Lipinski definition) is 1. The van der Waals surface area contributed by atoms with Crippen molar-refractivity contribution < 1.29 is 0 Å². The molecule has 0 amide bonds. The van der Waals surface area contributed by atoms with Gasteiger partial charge in [0.25, 0.3) is 0 Å². The van der Waals surface area contributed by atoms with Gasteiger partial charge >= 0.3 is 0 Å². The largest absolute Gasteiger partial charge is 0.313 e. The Bertz CT molecular complexity index is 341. The van der Waals surface area contributed by atoms with Crippen molar-refractivity contribution in [2.45, 2.75) is 32.7 Å². The van der Waals surface area contributed by atoms with Crippen molar-refractivity contribution >= 4 is 34.2 Å². The Hall–Kier alpha value is 0.200. The van der Waals surface area contributed by atoms with Crippen molar-refractivity contribution in [2.75, 3.05) is 7.05 Å². The van der Waals surface area contributed by atoms with Crippen LogP contribution in [0, 0.1) is 9.49 Å². The Morgan fingerprint density at radius 1 is 1.44 bits per heavy atom. The maximum absolute atomic E-state index is 6.15. The Morgan fingerprint density at radius 3 is 2.62 bits per heavy atom. The van der Waals surface area contributed by atoms with Gasteiger partial charge in [-0.1, -0.05) is 37.9 Å². The molecule has 2 unspecified atom stereocenters. The molecule has 0 aliphatic carbocycles. The molecule has 3 heteroatoms. The lowest BCUT2D eigenvalue weighted by Gasteiger charge is -2.20. The molecular formula is C13H19ClIN. The van der Waals surface area contributed by atoms with Crippen LogP contribution in [0.2, 0.25) is 5.02 Å². The molecule has 1 aromatic carbocycles. The van der Waals surface area contributed by atoms with Gasteiger partial charge in [-0.2, -0.15) is 0 Å². The van der Waals surface area contributed by atoms with Gasteiger partial charge in [-0.25, -0.2) is 0 Å². The molecule has 2 atom stereocenters. The quantitative estimate of drug-likeness (QED) is 0.762. The van der Waals surface area contributed by atoms with Crippen LogP contribution in [0.4, 0.5) is 0 Å². The molecule has 0 saturated heterocycles. The minimum absolute atomic E-state index is 0.407. The fraction of sp³-hybridized carbons (Fsp3) is 0.538. The van der Waals surface area contributed by atoms with E-state index in [4.69, 9.17) is 11.6 Å². The highest BCUT2D eigenvalue weighted by Crippen LogP contribution is 2.27. The first-order valence-corrected chi connectivity index (χ1v) is 7.16. The van der Waals surface area contributed by atoms with E-state index in [2.05, 4.69) is 60.0 Å². The predicted molar refractivity (Wildman–Crippen MR) is 80.0 cm³/mol. The molecule has 0 radical (unpaired) electrons. The lowest BCUT2D eigenvalue weighted by molar-refractivity contribution is 0.422. The highest BCUT2D eigenvalue weighted by molar-refractivity contribution is 14.1. The number of hydrogen-bond donors (Lipinski definition) is 1. The predicted octanol–water partition coefficient (Wildman–Crippen LogP) is 4.64. The van der Waals surface area contributed by atoms with Crippen molar-refractivity contribution in [3.8, 4) is 0 Å². The monoisotopic (exact) mass is 351 g/mol. The summed E-state index contributed by atoms with van der Waals surface area (Å²) in [4.78, 5) is 0. The van der Waals surface area contributed by atoms with Crippen molar-refractivity contribution in [1.29, 1.82) is 0 Å². The molecule has 0 aromatic heterocycles. The number of benzene rings is 1. The first-order chi connectivity index (χ1) is 7.58. The SMILES string of the molecule is CCC(C)CC(NC)c1ccc(I)c(Cl)c1. The van der Waals surface area contributed by atoms with Gasteiger partial charge in [0, 0.05) is 9.61 Å². The van der Waals surface area contributed by atoms with Crippen LogP contribution in [0.15, 0.2) is 18.2 Å². The van der Waals surface area contributed by atoms with Crippen molar-refractivity contribution in [2.24, 2.45) is 5.92 Å². The molecule has 1 nitrogen and oxygen atoms in total. The van der Waals surface area contributed by atoms with E-state index in [-0.39, 0.29) is 0 Å². The third-order valence-electron chi connectivity index (χ3n) is 3.03. The van der Waals surface area contributed by atoms with Crippen LogP contribution in [0.1, 0.15) is 38.3 Å². The van der Waals surface area contributed by atoms with E-state index in [1.165, 1.54) is 12.0 Å². The normalized spacial score (nSPS) is 14.8. The highest BCUT2D eigenvalue weighted by atomic mass is 127. The van der Waals surface area contributed by atoms with Crippen LogP contribution in [0.5, 0.6) is 0 Å². The maximum Gasteiger partial charge on any atom is 0.0542 e. The maximum atomic E-state index is 6.15. The van der Waals surface area contributed by atoms with Crippen LogP contribution < -0.4 is 5.32 Å². The van der Waals surface area contributed by atoms with Crippen LogP contribution >= 0.6 is 34.2 Å². The molecule has 16 heavy (non-hydrogen) atoms. The topological polar surface area (TPSA) is 12.0 Å². The molecule has 0 spiro atoms. The highest BCUT2D eigenvalue weighted by Gasteiger charge is 2.13. The van der Waals surface area contributed by atoms with Crippen molar-refractivity contribution in [3.05, 3.63) is 32.4 Å². The molecule has 1 N–H and O–H groups in total. The summed E-state index contributed by atoms with van der Waals surface area (Å²) in [5.74, 6) is 0.732. The summed E-state index contributed by atoms with van der Waals surface area (Å²) in [5.41, 5.74) is 1.29. The molecule has 0 heterocycles. The molecule has 0 bridgehead atoms. The first-order valence-electron chi connectivity index (χ1n) is 5.70. The van der Waals surface area contributed by atoms with Crippen LogP contribution in [0.3, 0.4) is 0 Å². The molecule has 0 aliphatic rings. The Balaban J connectivity index is 2.82. The average Bonchev–Trinajstić information content (AvgIpc) is 2.29. The fourth-order valence-corrected chi connectivity index (χ4v) is 2.24. The van der Waals surface area contributed by atoms with E-state index < -0.39 is 0 Å². The third-order valence-corrected chi connectivity index (χ3v) is 4.60. The van der Waals surface area contributed by atoms with Crippen LogP contribution in [0.25, 0.3) is 0 Å². The van der Waals surface area contributed by atoms with Gasteiger partial charge in [-0.15, -0.1) is 0 Å². The molecule has 90 valence electrons. The zero-order valence-corrected chi connectivity index (χ0v) is 13.0. The van der Waals surface area contributed by atoms with Crippen LogP contribution in [-0.2, 0) is 0 Å². The van der Waals surface area contributed by atoms with Gasteiger partial charge in [-0.3, -0.25) is 0 Å². The van der Waals surface area contributed by atoms with Gasteiger partial charge in [0.1, 0.15) is 0 Å². The second-order valence-corrected chi connectivity index (χ2v) is 5.83. The van der Waals surface area contributed by atoms with E-state index in [0.29, 0.717) is 6.04 Å². The van der Waals surface area contributed by atoms with E-state index >= 15 is 0 Å². The molecule has 1 rings (SSSR count). The van der Waals surface area contributed by atoms with E-state index in [1.54, 1.807) is 0 Å². The summed E-state index contributed by atoms with van der Waals surface area (Å²) in [6.45, 7) is 4.52. The van der Waals surface area contributed by atoms with Crippen molar-refractivity contribution in [3.63, 3.8) is 0 Å². The molecule has 0 saturated carbocycles. The fourth-order valence-electron chi connectivity index (χ4n) is 1.72. The lowest BCUT2D eigenvalue weighted by atomic mass is 9.94. The molecule has 0 fully saturated rings. The Labute approximate surface area is 117 Å². The summed E-state index contributed by atoms with van der Waals surface area (Å²) in [6.07, 6.45) is 2.38. The number of rotatable bonds is 5. The zero-order valence-electron chi connectivity index (χ0n) is 10.1. The second kappa shape index (κ2) is 6.82. The minimum Gasteiger partial charge on any atom is -0.313 e. The summed E-state index contributed by atoms with van der Waals surface area (Å²) in [6, 6.07) is 6.73. The van der Waals surface area contributed by atoms with E-state index in [1.807, 2.05) is 7.05 Å². The summed E-state index contributed by atoms with van der Waals surface area (Å²) in [7, 11) is 2.01. The molecular weight excluding hydrogens is 333 g/mol. The molecule has 0 aliphatic heterocycles. The smallest absolute Gasteiger partial charge is 0.0542 e. The zero-order chi connectivity index (χ0) is 12.1. The van der Waals surface area contributed by atoms with Crippen molar-refractivity contribution in [1.82, 2.24) is 5.32 Å². The molecule has 1 aromatic rings.